The summed E-state index contributed by atoms with van der Waals surface area (Å²) in [5.74, 6) is -1.27. The normalized spacial score (nSPS) is 10.3. The molecule has 0 spiro atoms. The van der Waals surface area contributed by atoms with Crippen molar-refractivity contribution in [3.05, 3.63) is 48.3 Å². The monoisotopic (exact) mass is 228 g/mol. The van der Waals surface area contributed by atoms with Crippen LogP contribution in [0, 0.1) is 12.7 Å². The number of ether oxygens (including phenoxy) is 1. The summed E-state index contributed by atoms with van der Waals surface area (Å²) in [5, 5.41) is 0. The summed E-state index contributed by atoms with van der Waals surface area (Å²) in [5.41, 5.74) is 1.30. The average Bonchev–Trinajstić information content (AvgIpc) is 2.21. The van der Waals surface area contributed by atoms with Gasteiger partial charge in [0.15, 0.2) is 11.6 Å². The smallest absolute Gasteiger partial charge is 0.387 e. The molecule has 1 aromatic rings. The van der Waals surface area contributed by atoms with E-state index >= 15 is 0 Å². The molecule has 0 amide bonds. The first-order valence-electron chi connectivity index (χ1n) is 4.52. The van der Waals surface area contributed by atoms with Crippen LogP contribution in [0.2, 0.25) is 0 Å². The molecule has 0 heterocycles. The van der Waals surface area contributed by atoms with E-state index in [9.17, 15) is 13.2 Å². The summed E-state index contributed by atoms with van der Waals surface area (Å²) in [6.07, 6.45) is 1.46. The summed E-state index contributed by atoms with van der Waals surface area (Å²) < 4.78 is 41.5. The highest BCUT2D eigenvalue weighted by atomic mass is 19.3. The Morgan fingerprint density at radius 3 is 2.50 bits per heavy atom. The summed E-state index contributed by atoms with van der Waals surface area (Å²) >= 11 is 0. The summed E-state index contributed by atoms with van der Waals surface area (Å²) in [6.45, 7) is 5.58. The summed E-state index contributed by atoms with van der Waals surface area (Å²) in [6, 6.07) is 2.61. The minimum atomic E-state index is -3.04. The van der Waals surface area contributed by atoms with Gasteiger partial charge in [-0.3, -0.25) is 0 Å². The molecule has 0 aromatic heterocycles. The largest absolute Gasteiger partial charge is 0.431 e. The van der Waals surface area contributed by atoms with Crippen LogP contribution in [0.25, 0.3) is 5.57 Å². The van der Waals surface area contributed by atoms with Gasteiger partial charge in [0.25, 0.3) is 0 Å². The molecule has 0 unspecified atom stereocenters. The second-order valence-electron chi connectivity index (χ2n) is 3.21. The van der Waals surface area contributed by atoms with Crippen molar-refractivity contribution < 1.29 is 17.9 Å². The molecule has 1 rings (SSSR count). The van der Waals surface area contributed by atoms with Gasteiger partial charge in [0.1, 0.15) is 0 Å². The van der Waals surface area contributed by atoms with E-state index in [4.69, 9.17) is 0 Å². The molecule has 0 atom stereocenters. The van der Waals surface area contributed by atoms with Gasteiger partial charge in [-0.25, -0.2) is 4.39 Å². The van der Waals surface area contributed by atoms with Crippen LogP contribution >= 0.6 is 0 Å². The molecule has 0 fully saturated rings. The number of alkyl halides is 2. The van der Waals surface area contributed by atoms with Crippen LogP contribution in [0.4, 0.5) is 13.2 Å². The van der Waals surface area contributed by atoms with Crippen LogP contribution < -0.4 is 4.74 Å². The van der Waals surface area contributed by atoms with Crippen LogP contribution in [0.3, 0.4) is 0 Å². The van der Waals surface area contributed by atoms with Crippen molar-refractivity contribution in [2.75, 3.05) is 0 Å². The molecule has 0 saturated heterocycles. The topological polar surface area (TPSA) is 9.23 Å². The van der Waals surface area contributed by atoms with E-state index in [0.717, 1.165) is 6.07 Å². The fraction of sp³-hybridized carbons (Fsp3) is 0.167. The number of aryl methyl sites for hydroxylation is 1. The fourth-order valence-electron chi connectivity index (χ4n) is 1.27. The maximum absolute atomic E-state index is 13.4. The summed E-state index contributed by atoms with van der Waals surface area (Å²) in [7, 11) is 0. The second kappa shape index (κ2) is 4.88. The second-order valence-corrected chi connectivity index (χ2v) is 3.21. The minimum Gasteiger partial charge on any atom is -0.431 e. The summed E-state index contributed by atoms with van der Waals surface area (Å²) in [4.78, 5) is 0. The van der Waals surface area contributed by atoms with Crippen molar-refractivity contribution in [2.45, 2.75) is 13.5 Å². The minimum absolute atomic E-state index is 0.290. The SMILES string of the molecule is C=CC(=C)c1cc(C)c(OC(F)F)c(F)c1. The van der Waals surface area contributed by atoms with Crippen molar-refractivity contribution in [3.63, 3.8) is 0 Å². The van der Waals surface area contributed by atoms with Crippen LogP contribution in [0.5, 0.6) is 5.75 Å². The molecular weight excluding hydrogens is 217 g/mol. The molecule has 86 valence electrons. The van der Waals surface area contributed by atoms with E-state index in [1.54, 1.807) is 0 Å². The highest BCUT2D eigenvalue weighted by Gasteiger charge is 2.14. The van der Waals surface area contributed by atoms with Crippen molar-refractivity contribution >= 4 is 5.57 Å². The third-order valence-electron chi connectivity index (χ3n) is 2.05. The number of hydrogen-bond acceptors (Lipinski definition) is 1. The Hall–Kier alpha value is -1.71. The van der Waals surface area contributed by atoms with Gasteiger partial charge < -0.3 is 4.74 Å². The number of allylic oxidation sites excluding steroid dienone is 2. The predicted molar refractivity (Wildman–Crippen MR) is 57.0 cm³/mol. The molecule has 0 aliphatic rings. The van der Waals surface area contributed by atoms with Gasteiger partial charge >= 0.3 is 6.61 Å². The highest BCUT2D eigenvalue weighted by Crippen LogP contribution is 2.28. The lowest BCUT2D eigenvalue weighted by atomic mass is 10.0. The molecule has 0 N–H and O–H groups in total. The van der Waals surface area contributed by atoms with E-state index in [0.29, 0.717) is 16.7 Å². The number of halogens is 3. The number of benzene rings is 1. The van der Waals surface area contributed by atoms with Crippen molar-refractivity contribution in [2.24, 2.45) is 0 Å². The maximum Gasteiger partial charge on any atom is 0.387 e. The standard InChI is InChI=1S/C12H11F3O/c1-4-7(2)9-5-8(3)11(10(13)6-9)16-12(14)15/h4-6,12H,1-2H2,3H3. The molecule has 1 nitrogen and oxygen atoms in total. The lowest BCUT2D eigenvalue weighted by molar-refractivity contribution is -0.0526. The zero-order chi connectivity index (χ0) is 12.3. The molecule has 4 heteroatoms. The first-order valence-corrected chi connectivity index (χ1v) is 4.52. The Bertz CT molecular complexity index is 401. The Morgan fingerprint density at radius 2 is 2.06 bits per heavy atom. The predicted octanol–water partition coefficient (Wildman–Crippen LogP) is 3.93. The van der Waals surface area contributed by atoms with Gasteiger partial charge in [0, 0.05) is 0 Å². The first-order chi connectivity index (χ1) is 7.45. The Kier molecular flexibility index (Phi) is 3.77. The van der Waals surface area contributed by atoms with E-state index in [1.807, 2.05) is 0 Å². The van der Waals surface area contributed by atoms with Crippen LogP contribution in [-0.2, 0) is 0 Å². The Balaban J connectivity index is 3.17. The third-order valence-corrected chi connectivity index (χ3v) is 2.05. The lowest BCUT2D eigenvalue weighted by Crippen LogP contribution is -2.05. The fourth-order valence-corrected chi connectivity index (χ4v) is 1.27. The number of rotatable bonds is 4. The molecular formula is C12H11F3O. The molecule has 16 heavy (non-hydrogen) atoms. The highest BCUT2D eigenvalue weighted by molar-refractivity contribution is 5.72. The van der Waals surface area contributed by atoms with Crippen LogP contribution in [0.1, 0.15) is 11.1 Å². The maximum atomic E-state index is 13.4. The van der Waals surface area contributed by atoms with E-state index in [2.05, 4.69) is 17.9 Å². The molecule has 0 radical (unpaired) electrons. The van der Waals surface area contributed by atoms with Gasteiger partial charge in [-0.05, 0) is 35.8 Å². The quantitative estimate of drug-likeness (QED) is 0.709. The lowest BCUT2D eigenvalue weighted by Gasteiger charge is -2.11. The van der Waals surface area contributed by atoms with E-state index in [1.165, 1.54) is 19.1 Å². The van der Waals surface area contributed by atoms with Crippen LogP contribution in [0.15, 0.2) is 31.4 Å². The van der Waals surface area contributed by atoms with Gasteiger partial charge in [-0.15, -0.1) is 0 Å². The van der Waals surface area contributed by atoms with Gasteiger partial charge in [0.2, 0.25) is 0 Å². The third kappa shape index (κ3) is 2.66. The molecule has 0 saturated carbocycles. The molecule has 0 aliphatic heterocycles. The van der Waals surface area contributed by atoms with E-state index in [-0.39, 0.29) is 0 Å². The molecule has 0 bridgehead atoms. The zero-order valence-electron chi connectivity index (χ0n) is 8.77. The van der Waals surface area contributed by atoms with Crippen molar-refractivity contribution in [1.29, 1.82) is 0 Å². The Morgan fingerprint density at radius 1 is 1.44 bits per heavy atom. The zero-order valence-corrected chi connectivity index (χ0v) is 8.77. The first kappa shape index (κ1) is 12.4. The Labute approximate surface area is 91.9 Å². The van der Waals surface area contributed by atoms with Crippen molar-refractivity contribution in [3.8, 4) is 5.75 Å². The average molecular weight is 228 g/mol. The van der Waals surface area contributed by atoms with Crippen molar-refractivity contribution in [1.82, 2.24) is 0 Å². The van der Waals surface area contributed by atoms with Crippen LogP contribution in [-0.4, -0.2) is 6.61 Å². The van der Waals surface area contributed by atoms with Gasteiger partial charge in [-0.1, -0.05) is 19.2 Å². The van der Waals surface area contributed by atoms with E-state index < -0.39 is 18.2 Å². The molecule has 0 aliphatic carbocycles. The number of hydrogen-bond donors (Lipinski definition) is 0. The van der Waals surface area contributed by atoms with Gasteiger partial charge in [-0.2, -0.15) is 8.78 Å². The van der Waals surface area contributed by atoms with Gasteiger partial charge in [0.05, 0.1) is 0 Å². The molecule has 1 aromatic carbocycles.